The zero-order valence-corrected chi connectivity index (χ0v) is 11.3. The second-order valence-electron chi connectivity index (χ2n) is 6.05. The van der Waals surface area contributed by atoms with Crippen molar-refractivity contribution in [1.82, 2.24) is 0 Å². The van der Waals surface area contributed by atoms with Crippen molar-refractivity contribution < 1.29 is 23.5 Å². The first-order chi connectivity index (χ1) is 10.2. The molecule has 2 saturated heterocycles. The third kappa shape index (κ3) is 2.07. The number of hydrogen-bond donors (Lipinski definition) is 0. The number of ether oxygens (including phenoxy) is 2. The molecular weight excluding hydrogens is 275 g/mol. The van der Waals surface area contributed by atoms with Gasteiger partial charge in [-0.2, -0.15) is 0 Å². The largest absolute Gasteiger partial charge is 0.457 e. The van der Waals surface area contributed by atoms with E-state index in [2.05, 4.69) is 0 Å². The van der Waals surface area contributed by atoms with Gasteiger partial charge in [-0.3, -0.25) is 9.59 Å². The monoisotopic (exact) mass is 290 g/mol. The van der Waals surface area contributed by atoms with Crippen molar-refractivity contribution in [1.29, 1.82) is 0 Å². The van der Waals surface area contributed by atoms with Crippen LogP contribution in [0.4, 0.5) is 4.39 Å². The molecule has 0 aromatic heterocycles. The molecule has 1 aliphatic carbocycles. The summed E-state index contributed by atoms with van der Waals surface area (Å²) in [5.74, 6) is -0.482. The van der Waals surface area contributed by atoms with Gasteiger partial charge in [0.15, 0.2) is 0 Å². The highest BCUT2D eigenvalue weighted by atomic mass is 19.1. The van der Waals surface area contributed by atoms with Gasteiger partial charge in [0, 0.05) is 17.0 Å². The van der Waals surface area contributed by atoms with Crippen molar-refractivity contribution in [3.05, 3.63) is 35.1 Å². The first kappa shape index (κ1) is 13.0. The van der Waals surface area contributed by atoms with Crippen molar-refractivity contribution in [2.75, 3.05) is 0 Å². The van der Waals surface area contributed by atoms with Gasteiger partial charge in [0.1, 0.15) is 18.2 Å². The molecule has 1 aromatic carbocycles. The summed E-state index contributed by atoms with van der Waals surface area (Å²) in [6.45, 7) is 0. The van der Waals surface area contributed by atoms with Crippen LogP contribution < -0.4 is 0 Å². The van der Waals surface area contributed by atoms with Crippen molar-refractivity contribution >= 4 is 12.3 Å². The number of fused-ring (bicyclic) bond motifs is 1. The number of aldehydes is 1. The Hall–Kier alpha value is -1.75. The van der Waals surface area contributed by atoms with Crippen LogP contribution in [0.25, 0.3) is 0 Å². The highest BCUT2D eigenvalue weighted by Gasteiger charge is 2.56. The van der Waals surface area contributed by atoms with E-state index in [1.165, 1.54) is 18.2 Å². The molecule has 1 saturated carbocycles. The summed E-state index contributed by atoms with van der Waals surface area (Å²) >= 11 is 0. The van der Waals surface area contributed by atoms with E-state index in [-0.39, 0.29) is 23.9 Å². The summed E-state index contributed by atoms with van der Waals surface area (Å²) in [6.07, 6.45) is 3.00. The smallest absolute Gasteiger partial charge is 0.306 e. The standard InChI is InChI=1S/C16H15FO4/c17-9-2-1-8(7-18)11(5-9)15-12(6-14(19)21-15)10-3-4-13-16(10)20-13/h1-2,5,7,10,12-13,15-16H,3-4,6H2/t10?,12?,13?,15-,16?/m1/s1. The molecule has 2 aliphatic heterocycles. The Morgan fingerprint density at radius 1 is 1.24 bits per heavy atom. The summed E-state index contributed by atoms with van der Waals surface area (Å²) in [7, 11) is 0. The number of carbonyl (C=O) groups is 2. The van der Waals surface area contributed by atoms with Crippen LogP contribution in [0.1, 0.15) is 41.3 Å². The van der Waals surface area contributed by atoms with Crippen LogP contribution in [-0.2, 0) is 14.3 Å². The lowest BCUT2D eigenvalue weighted by Crippen LogP contribution is -2.22. The van der Waals surface area contributed by atoms with Gasteiger partial charge in [-0.05, 0) is 37.0 Å². The van der Waals surface area contributed by atoms with E-state index in [1.807, 2.05) is 0 Å². The highest BCUT2D eigenvalue weighted by molar-refractivity contribution is 5.79. The maximum atomic E-state index is 13.5. The molecule has 21 heavy (non-hydrogen) atoms. The molecule has 3 aliphatic rings. The lowest BCUT2D eigenvalue weighted by Gasteiger charge is -2.24. The van der Waals surface area contributed by atoms with Gasteiger partial charge in [0.05, 0.1) is 18.6 Å². The first-order valence-electron chi connectivity index (χ1n) is 7.27. The van der Waals surface area contributed by atoms with Gasteiger partial charge in [-0.25, -0.2) is 4.39 Å². The zero-order chi connectivity index (χ0) is 14.6. The summed E-state index contributed by atoms with van der Waals surface area (Å²) in [5, 5.41) is 0. The number of esters is 1. The highest BCUT2D eigenvalue weighted by Crippen LogP contribution is 2.53. The number of benzene rings is 1. The van der Waals surface area contributed by atoms with Crippen LogP contribution in [0.15, 0.2) is 18.2 Å². The summed E-state index contributed by atoms with van der Waals surface area (Å²) in [4.78, 5) is 22.9. The van der Waals surface area contributed by atoms with Crippen LogP contribution in [0.3, 0.4) is 0 Å². The molecule has 4 unspecified atom stereocenters. The fourth-order valence-corrected chi connectivity index (χ4v) is 3.89. The third-order valence-electron chi connectivity index (χ3n) is 4.91. The maximum absolute atomic E-state index is 13.5. The Bertz CT molecular complexity index is 614. The number of halogens is 1. The number of epoxide rings is 1. The molecular formula is C16H15FO4. The minimum absolute atomic E-state index is 0.0319. The van der Waals surface area contributed by atoms with E-state index in [0.29, 0.717) is 29.9 Å². The Kier molecular flexibility index (Phi) is 2.85. The predicted molar refractivity (Wildman–Crippen MR) is 70.1 cm³/mol. The summed E-state index contributed by atoms with van der Waals surface area (Å²) in [6, 6.07) is 3.99. The van der Waals surface area contributed by atoms with Gasteiger partial charge in [0.2, 0.25) is 0 Å². The maximum Gasteiger partial charge on any atom is 0.306 e. The molecule has 0 spiro atoms. The van der Waals surface area contributed by atoms with E-state index in [9.17, 15) is 14.0 Å². The fourth-order valence-electron chi connectivity index (χ4n) is 3.89. The minimum Gasteiger partial charge on any atom is -0.457 e. The molecule has 110 valence electrons. The average Bonchev–Trinajstić information content (AvgIpc) is 2.96. The predicted octanol–water partition coefficient (Wildman–Crippen LogP) is 2.42. The third-order valence-corrected chi connectivity index (χ3v) is 4.91. The van der Waals surface area contributed by atoms with E-state index < -0.39 is 11.9 Å². The van der Waals surface area contributed by atoms with Crippen molar-refractivity contribution in [2.45, 2.75) is 37.6 Å². The molecule has 0 N–H and O–H groups in total. The lowest BCUT2D eigenvalue weighted by atomic mass is 9.81. The van der Waals surface area contributed by atoms with Gasteiger partial charge in [-0.1, -0.05) is 0 Å². The number of rotatable bonds is 3. The molecule has 0 bridgehead atoms. The normalized spacial score (nSPS) is 37.2. The molecule has 3 fully saturated rings. The summed E-state index contributed by atoms with van der Waals surface area (Å²) < 4.78 is 24.5. The van der Waals surface area contributed by atoms with Gasteiger partial charge >= 0.3 is 5.97 Å². The quantitative estimate of drug-likeness (QED) is 0.487. The van der Waals surface area contributed by atoms with Crippen LogP contribution in [0, 0.1) is 17.7 Å². The van der Waals surface area contributed by atoms with Crippen LogP contribution in [0.5, 0.6) is 0 Å². The Balaban J connectivity index is 1.70. The minimum atomic E-state index is -0.540. The van der Waals surface area contributed by atoms with Crippen molar-refractivity contribution in [3.8, 4) is 0 Å². The Morgan fingerprint density at radius 2 is 2.10 bits per heavy atom. The number of hydrogen-bond acceptors (Lipinski definition) is 4. The lowest BCUT2D eigenvalue weighted by molar-refractivity contribution is -0.141. The topological polar surface area (TPSA) is 55.9 Å². The van der Waals surface area contributed by atoms with E-state index in [4.69, 9.17) is 9.47 Å². The van der Waals surface area contributed by atoms with Crippen LogP contribution in [-0.4, -0.2) is 24.5 Å². The second kappa shape index (κ2) is 4.63. The van der Waals surface area contributed by atoms with Gasteiger partial charge < -0.3 is 9.47 Å². The van der Waals surface area contributed by atoms with Crippen LogP contribution in [0.2, 0.25) is 0 Å². The molecule has 0 radical (unpaired) electrons. The molecule has 1 aromatic rings. The molecule has 0 amide bonds. The number of cyclic esters (lactones) is 1. The molecule has 4 rings (SSSR count). The van der Waals surface area contributed by atoms with E-state index in [0.717, 1.165) is 12.8 Å². The molecule has 5 atom stereocenters. The molecule has 2 heterocycles. The second-order valence-corrected chi connectivity index (χ2v) is 6.05. The average molecular weight is 290 g/mol. The Morgan fingerprint density at radius 3 is 2.76 bits per heavy atom. The SMILES string of the molecule is O=Cc1ccc(F)cc1[C@H]1OC(=O)CC1C1CCC2OC21. The molecule has 4 nitrogen and oxygen atoms in total. The van der Waals surface area contributed by atoms with E-state index in [1.54, 1.807) is 0 Å². The van der Waals surface area contributed by atoms with Crippen molar-refractivity contribution in [3.63, 3.8) is 0 Å². The van der Waals surface area contributed by atoms with Gasteiger partial charge in [0.25, 0.3) is 0 Å². The van der Waals surface area contributed by atoms with Gasteiger partial charge in [-0.15, -0.1) is 0 Å². The Labute approximate surface area is 121 Å². The molecule has 5 heteroatoms. The van der Waals surface area contributed by atoms with E-state index >= 15 is 0 Å². The fraction of sp³-hybridized carbons (Fsp3) is 0.500. The first-order valence-corrected chi connectivity index (χ1v) is 7.27. The zero-order valence-electron chi connectivity index (χ0n) is 11.3. The summed E-state index contributed by atoms with van der Waals surface area (Å²) in [5.41, 5.74) is 0.859. The van der Waals surface area contributed by atoms with Crippen LogP contribution >= 0.6 is 0 Å². The number of carbonyl (C=O) groups excluding carboxylic acids is 2. The van der Waals surface area contributed by atoms with Crippen molar-refractivity contribution in [2.24, 2.45) is 11.8 Å².